The molecule has 15 heteroatoms. The molecule has 0 saturated carbocycles. The molecule has 1 heterocycles. The molecule has 6 N–H and O–H groups in total. The van der Waals surface area contributed by atoms with Crippen LogP contribution in [0.2, 0.25) is 0 Å². The highest BCUT2D eigenvalue weighted by molar-refractivity contribution is 8.93. The van der Waals surface area contributed by atoms with Gasteiger partial charge in [-0.3, -0.25) is 29.6 Å². The minimum atomic E-state index is -4.89. The Bertz CT molecular complexity index is 1330. The number of hydrogen-bond donors (Lipinski definition) is 6. The summed E-state index contributed by atoms with van der Waals surface area (Å²) in [6, 6.07) is 6.23. The van der Waals surface area contributed by atoms with Gasteiger partial charge in [0.2, 0.25) is 0 Å². The molecule has 1 aromatic heterocycles. The zero-order valence-electron chi connectivity index (χ0n) is 16.3. The highest BCUT2D eigenvalue weighted by atomic mass is 79.9. The number of ether oxygens (including phenoxy) is 1. The Balaban J connectivity index is 0.00000363. The lowest BCUT2D eigenvalue weighted by molar-refractivity contribution is -0.384. The molecule has 3 aromatic rings. The molecule has 13 nitrogen and oxygen atoms in total. The van der Waals surface area contributed by atoms with Gasteiger partial charge in [0.05, 0.1) is 23.1 Å². The van der Waals surface area contributed by atoms with Gasteiger partial charge in [-0.25, -0.2) is 0 Å². The average molecular weight is 533 g/mol. The first kappa shape index (κ1) is 25.2. The maximum absolute atomic E-state index is 12.1. The van der Waals surface area contributed by atoms with E-state index in [1.54, 1.807) is 0 Å². The number of aromatic amines is 2. The van der Waals surface area contributed by atoms with Gasteiger partial charge in [0.15, 0.2) is 11.5 Å². The van der Waals surface area contributed by atoms with E-state index >= 15 is 0 Å². The van der Waals surface area contributed by atoms with Gasteiger partial charge >= 0.3 is 18.7 Å². The monoisotopic (exact) mass is 532 g/mol. The van der Waals surface area contributed by atoms with Crippen LogP contribution in [-0.2, 0) is 11.1 Å². The molecule has 32 heavy (non-hydrogen) atoms. The predicted octanol–water partition coefficient (Wildman–Crippen LogP) is 1.38. The second kappa shape index (κ2) is 9.63. The zero-order chi connectivity index (χ0) is 22.9. The summed E-state index contributed by atoms with van der Waals surface area (Å²) in [6.07, 6.45) is 0. The number of hydrogen-bond acceptors (Lipinski definition) is 8. The summed E-state index contributed by atoms with van der Waals surface area (Å²) < 4.78 is 17.1. The number of methoxy groups -OCH3 is 1. The fourth-order valence-corrected chi connectivity index (χ4v) is 3.97. The summed E-state index contributed by atoms with van der Waals surface area (Å²) in [7, 11) is -3.62. The molecule has 0 saturated heterocycles. The number of nitrogens with one attached hydrogen (secondary N) is 3. The van der Waals surface area contributed by atoms with E-state index in [-0.39, 0.29) is 51.4 Å². The van der Waals surface area contributed by atoms with Gasteiger partial charge in [0.1, 0.15) is 5.78 Å². The maximum Gasteiger partial charge on any atom is 0.347 e. The molecule has 0 fully saturated rings. The van der Waals surface area contributed by atoms with Crippen LogP contribution in [0.1, 0.15) is 16.9 Å². The number of rotatable bonds is 7. The Morgan fingerprint density at radius 3 is 2.47 bits per heavy atom. The molecule has 1 atom stereocenters. The van der Waals surface area contributed by atoms with E-state index < -0.39 is 40.9 Å². The van der Waals surface area contributed by atoms with Crippen LogP contribution >= 0.6 is 24.6 Å². The summed E-state index contributed by atoms with van der Waals surface area (Å²) in [5, 5.41) is 24.1. The van der Waals surface area contributed by atoms with Crippen molar-refractivity contribution in [2.75, 3.05) is 7.11 Å². The van der Waals surface area contributed by atoms with Crippen LogP contribution in [-0.4, -0.2) is 36.9 Å². The molecule has 0 spiro atoms. The number of nitro groups is 1. The summed E-state index contributed by atoms with van der Waals surface area (Å²) in [5.74, 6) is -2.21. The molecule has 0 amide bonds. The van der Waals surface area contributed by atoms with Crippen molar-refractivity contribution in [1.82, 2.24) is 15.3 Å². The Labute approximate surface area is 189 Å². The number of benzene rings is 2. The van der Waals surface area contributed by atoms with Crippen molar-refractivity contribution in [3.05, 3.63) is 72.3 Å². The van der Waals surface area contributed by atoms with Gasteiger partial charge in [-0.05, 0) is 11.6 Å². The normalized spacial score (nSPS) is 12.2. The summed E-state index contributed by atoms with van der Waals surface area (Å²) in [4.78, 5) is 58.0. The third-order valence-electron chi connectivity index (χ3n) is 4.48. The fraction of sp³-hybridized carbons (Fsp3) is 0.176. The first-order chi connectivity index (χ1) is 14.5. The summed E-state index contributed by atoms with van der Waals surface area (Å²) in [5.41, 5.74) is -2.50. The van der Waals surface area contributed by atoms with Crippen LogP contribution < -0.4 is 21.2 Å². The number of para-hydroxylation sites is 1. The second-order valence-electron chi connectivity index (χ2n) is 6.46. The largest absolute Gasteiger partial charge is 0.504 e. The molecule has 0 bridgehead atoms. The van der Waals surface area contributed by atoms with Gasteiger partial charge in [-0.2, -0.15) is 0 Å². The Morgan fingerprint density at radius 1 is 1.22 bits per heavy atom. The van der Waals surface area contributed by atoms with E-state index in [9.17, 15) is 39.2 Å². The average Bonchev–Trinajstić information content (AvgIpc) is 2.69. The van der Waals surface area contributed by atoms with E-state index in [2.05, 4.69) is 15.3 Å². The van der Waals surface area contributed by atoms with Crippen LogP contribution in [0, 0.1) is 10.1 Å². The third kappa shape index (κ3) is 5.06. The molecule has 0 aliphatic carbocycles. The van der Waals surface area contributed by atoms with Gasteiger partial charge in [0, 0.05) is 24.2 Å². The van der Waals surface area contributed by atoms with Crippen molar-refractivity contribution in [3.63, 3.8) is 0 Å². The number of phenols is 1. The van der Waals surface area contributed by atoms with Gasteiger partial charge in [0.25, 0.3) is 5.69 Å². The second-order valence-corrected chi connectivity index (χ2v) is 8.16. The summed E-state index contributed by atoms with van der Waals surface area (Å²) >= 11 is 0. The third-order valence-corrected chi connectivity index (χ3v) is 5.61. The number of aromatic nitrogens is 2. The Kier molecular flexibility index (Phi) is 7.59. The lowest BCUT2D eigenvalue weighted by Crippen LogP contribution is -2.29. The molecule has 3 rings (SSSR count). The van der Waals surface area contributed by atoms with E-state index in [4.69, 9.17) is 4.74 Å². The molecular weight excluding hydrogens is 515 g/mol. The summed E-state index contributed by atoms with van der Waals surface area (Å²) in [6.45, 7) is -0.368. The number of phenolic OH excluding ortho intramolecular Hbond substituents is 1. The maximum atomic E-state index is 12.1. The topological polar surface area (TPSA) is 208 Å². The fourth-order valence-electron chi connectivity index (χ4n) is 3.07. The van der Waals surface area contributed by atoms with Gasteiger partial charge in [-0.15, -0.1) is 17.0 Å². The Morgan fingerprint density at radius 2 is 1.88 bits per heavy atom. The van der Waals surface area contributed by atoms with Crippen LogP contribution in [0.3, 0.4) is 0 Å². The van der Waals surface area contributed by atoms with E-state index in [0.717, 1.165) is 12.1 Å². The van der Waals surface area contributed by atoms with Crippen molar-refractivity contribution in [2.24, 2.45) is 0 Å². The quantitative estimate of drug-likeness (QED) is 0.111. The Hall–Kier alpha value is -3.03. The molecule has 2 aromatic carbocycles. The number of fused-ring (bicyclic) bond motifs is 1. The van der Waals surface area contributed by atoms with Crippen LogP contribution in [0.5, 0.6) is 11.5 Å². The molecule has 0 aliphatic heterocycles. The smallest absolute Gasteiger partial charge is 0.347 e. The lowest BCUT2D eigenvalue weighted by atomic mass is 10.1. The molecule has 0 aliphatic rings. The van der Waals surface area contributed by atoms with E-state index in [1.165, 1.54) is 25.3 Å². The van der Waals surface area contributed by atoms with Crippen LogP contribution in [0.4, 0.5) is 5.69 Å². The van der Waals surface area contributed by atoms with Crippen molar-refractivity contribution in [2.45, 2.75) is 12.3 Å². The molecule has 0 radical (unpaired) electrons. The van der Waals surface area contributed by atoms with Crippen molar-refractivity contribution in [1.29, 1.82) is 0 Å². The first-order valence-corrected chi connectivity index (χ1v) is 10.3. The zero-order valence-corrected chi connectivity index (χ0v) is 18.9. The number of aromatic hydroxyl groups is 1. The van der Waals surface area contributed by atoms with E-state index in [1.807, 2.05) is 0 Å². The van der Waals surface area contributed by atoms with Gasteiger partial charge in [-0.1, -0.05) is 12.1 Å². The number of non-ortho nitro benzene ring substituents is 1. The number of nitro benzene ring substituents is 1. The predicted molar refractivity (Wildman–Crippen MR) is 118 cm³/mol. The van der Waals surface area contributed by atoms with Crippen LogP contribution in [0.25, 0.3) is 11.0 Å². The van der Waals surface area contributed by atoms with Gasteiger partial charge < -0.3 is 29.6 Å². The standard InChI is InChI=1S/C17H17N4O9P.BrH/c1-30-12-4-2-3-10(14(12)22)17(31(27,28)29)18-7-8-5-9(21(25)26)6-11-13(8)20-16(24)15(23)19-11;/h2-6,17-18,22H,7H2,1H3,(H,19,23)(H,20,24)(H2,27,28,29);1H. The minimum Gasteiger partial charge on any atom is -0.504 e. The number of H-pyrrole nitrogens is 2. The lowest BCUT2D eigenvalue weighted by Gasteiger charge is -2.22. The number of nitrogens with zero attached hydrogens (tertiary/aromatic N) is 1. The van der Waals surface area contributed by atoms with E-state index in [0.29, 0.717) is 0 Å². The molecule has 172 valence electrons. The highest BCUT2D eigenvalue weighted by Gasteiger charge is 2.33. The van der Waals surface area contributed by atoms with Crippen molar-refractivity contribution in [3.8, 4) is 11.5 Å². The first-order valence-electron chi connectivity index (χ1n) is 8.61. The minimum absolute atomic E-state index is 0. The molecule has 1 unspecified atom stereocenters. The van der Waals surface area contributed by atoms with Crippen LogP contribution in [0.15, 0.2) is 39.9 Å². The number of halogens is 1. The molecular formula is C17H18BrN4O9P. The van der Waals surface area contributed by atoms with Crippen molar-refractivity contribution < 1.29 is 29.1 Å². The SMILES string of the molecule is Br.COc1cccc(C(NCc2cc([N+](=O)[O-])cc3[nH]c(=O)c(=O)[nH]c23)P(=O)(O)O)c1O. The highest BCUT2D eigenvalue weighted by Crippen LogP contribution is 2.53. The van der Waals surface area contributed by atoms with Crippen molar-refractivity contribution >= 4 is 41.3 Å².